The highest BCUT2D eigenvalue weighted by Crippen LogP contribution is 2.52. The van der Waals surface area contributed by atoms with Crippen LogP contribution in [0, 0.1) is 10.8 Å². The minimum Gasteiger partial charge on any atom is -0.467 e. The Morgan fingerprint density at radius 1 is 1.27 bits per heavy atom. The van der Waals surface area contributed by atoms with Crippen molar-refractivity contribution in [2.24, 2.45) is 10.8 Å². The Kier molecular flexibility index (Phi) is 5.60. The summed E-state index contributed by atoms with van der Waals surface area (Å²) in [6.45, 7) is 7.97. The van der Waals surface area contributed by atoms with E-state index in [0.29, 0.717) is 32.9 Å². The van der Waals surface area contributed by atoms with E-state index in [1.54, 1.807) is 35.1 Å². The zero-order valence-corrected chi connectivity index (χ0v) is 20.7. The molecule has 0 unspecified atom stereocenters. The van der Waals surface area contributed by atoms with E-state index in [-0.39, 0.29) is 34.6 Å². The summed E-state index contributed by atoms with van der Waals surface area (Å²) in [6.07, 6.45) is 4.83. The summed E-state index contributed by atoms with van der Waals surface area (Å²) in [5, 5.41) is 1.50. The van der Waals surface area contributed by atoms with Crippen LogP contribution in [0.3, 0.4) is 0 Å². The molecule has 2 aromatic heterocycles. The van der Waals surface area contributed by atoms with E-state index in [1.165, 1.54) is 11.8 Å². The third kappa shape index (κ3) is 4.45. The lowest BCUT2D eigenvalue weighted by Crippen LogP contribution is -2.38. The molecule has 2 aliphatic rings. The van der Waals surface area contributed by atoms with Crippen molar-refractivity contribution in [2.45, 2.75) is 57.8 Å². The number of aromatic nitrogens is 2. The average molecular weight is 486 g/mol. The van der Waals surface area contributed by atoms with Gasteiger partial charge in [-0.05, 0) is 60.4 Å². The van der Waals surface area contributed by atoms with Crippen LogP contribution in [-0.4, -0.2) is 38.7 Å². The van der Waals surface area contributed by atoms with Crippen molar-refractivity contribution in [1.82, 2.24) is 14.5 Å². The Hall–Kier alpha value is -2.25. The van der Waals surface area contributed by atoms with Crippen molar-refractivity contribution < 1.29 is 9.21 Å². The van der Waals surface area contributed by atoms with Gasteiger partial charge in [-0.2, -0.15) is 0 Å². The van der Waals surface area contributed by atoms with Gasteiger partial charge < -0.3 is 9.32 Å². The molecule has 0 spiro atoms. The van der Waals surface area contributed by atoms with Gasteiger partial charge in [-0.15, -0.1) is 0 Å². The lowest BCUT2D eigenvalue weighted by atomic mass is 9.65. The van der Waals surface area contributed by atoms with Crippen molar-refractivity contribution in [2.75, 3.05) is 12.3 Å². The summed E-state index contributed by atoms with van der Waals surface area (Å²) in [6, 6.07) is 8.98. The minimum atomic E-state index is -0.172. The smallest absolute Gasteiger partial charge is 0.262 e. The predicted octanol–water partition coefficient (Wildman–Crippen LogP) is 5.21. The number of hydrogen-bond acceptors (Lipinski definition) is 5. The monoisotopic (exact) mass is 485 g/mol. The molecule has 2 bridgehead atoms. The second-order valence-electron chi connectivity index (χ2n) is 10.6. The number of nitrogens with zero attached hydrogens (tertiary/aromatic N) is 3. The molecular formula is C25H28ClN3O3S. The first-order valence-corrected chi connectivity index (χ1v) is 12.6. The maximum atomic E-state index is 13.3. The summed E-state index contributed by atoms with van der Waals surface area (Å²) < 4.78 is 7.05. The summed E-state index contributed by atoms with van der Waals surface area (Å²) in [5.74, 6) is 1.00. The zero-order chi connectivity index (χ0) is 23.4. The molecule has 1 aliphatic carbocycles. The second-order valence-corrected chi connectivity index (χ2v) is 11.9. The quantitative estimate of drug-likeness (QED) is 0.366. The molecule has 2 atom stereocenters. The van der Waals surface area contributed by atoms with E-state index < -0.39 is 0 Å². The maximum absolute atomic E-state index is 13.3. The third-order valence-electron chi connectivity index (χ3n) is 6.84. The maximum Gasteiger partial charge on any atom is 0.262 e. The van der Waals surface area contributed by atoms with Crippen molar-refractivity contribution >= 4 is 40.2 Å². The van der Waals surface area contributed by atoms with Crippen LogP contribution in [0.2, 0.25) is 5.02 Å². The first-order valence-electron chi connectivity index (χ1n) is 11.3. The van der Waals surface area contributed by atoms with E-state index >= 15 is 0 Å². The largest absolute Gasteiger partial charge is 0.467 e. The molecule has 174 valence electrons. The number of halogens is 1. The van der Waals surface area contributed by atoms with E-state index in [2.05, 4.69) is 25.7 Å². The number of benzene rings is 1. The van der Waals surface area contributed by atoms with E-state index in [1.807, 2.05) is 6.07 Å². The van der Waals surface area contributed by atoms with Crippen molar-refractivity contribution in [1.29, 1.82) is 0 Å². The summed E-state index contributed by atoms with van der Waals surface area (Å²) in [4.78, 5) is 33.3. The van der Waals surface area contributed by atoms with Crippen molar-refractivity contribution in [3.63, 3.8) is 0 Å². The Balaban J connectivity index is 1.42. The number of furan rings is 1. The fourth-order valence-corrected chi connectivity index (χ4v) is 6.99. The highest BCUT2D eigenvalue weighted by atomic mass is 35.5. The molecule has 5 rings (SSSR count). The number of fused-ring (bicyclic) bond motifs is 3. The molecule has 1 aromatic carbocycles. The number of rotatable bonds is 5. The molecule has 1 saturated carbocycles. The van der Waals surface area contributed by atoms with Gasteiger partial charge >= 0.3 is 0 Å². The first kappa shape index (κ1) is 22.5. The van der Waals surface area contributed by atoms with E-state index in [9.17, 15) is 9.59 Å². The molecule has 0 radical (unpaired) electrons. The van der Waals surface area contributed by atoms with Crippen LogP contribution in [0.4, 0.5) is 0 Å². The summed E-state index contributed by atoms with van der Waals surface area (Å²) in [5.41, 5.74) is 0.799. The third-order valence-corrected chi connectivity index (χ3v) is 8.03. The normalized spacial score (nSPS) is 23.9. The molecule has 2 fully saturated rings. The van der Waals surface area contributed by atoms with Gasteiger partial charge in [0.1, 0.15) is 5.76 Å². The van der Waals surface area contributed by atoms with Crippen LogP contribution < -0.4 is 5.56 Å². The van der Waals surface area contributed by atoms with Gasteiger partial charge in [0.2, 0.25) is 5.91 Å². The fraction of sp³-hybridized carbons (Fsp3) is 0.480. The second kappa shape index (κ2) is 8.20. The molecule has 0 N–H and O–H groups in total. The number of amides is 1. The Morgan fingerprint density at radius 2 is 2.09 bits per heavy atom. The fourth-order valence-electron chi connectivity index (χ4n) is 5.94. The molecular weight excluding hydrogens is 458 g/mol. The number of likely N-dealkylation sites (tertiary alicyclic amines) is 1. The number of carbonyl (C=O) groups excluding carboxylic acids is 1. The molecule has 1 amide bonds. The van der Waals surface area contributed by atoms with E-state index in [4.69, 9.17) is 21.0 Å². The SMILES string of the molecule is CC1(C)C[C@@H]2C[C@@](C)(CN2C(=O)CSc2nc3cc(Cl)ccc3c(=O)n2Cc2ccco2)C1. The first-order chi connectivity index (χ1) is 15.6. The van der Waals surface area contributed by atoms with Gasteiger partial charge in [0, 0.05) is 17.6 Å². The number of thioether (sulfide) groups is 1. The Labute approximate surface area is 202 Å². The van der Waals surface area contributed by atoms with Crippen LogP contribution in [-0.2, 0) is 11.3 Å². The van der Waals surface area contributed by atoms with Crippen LogP contribution in [0.5, 0.6) is 0 Å². The topological polar surface area (TPSA) is 68.3 Å². The van der Waals surface area contributed by atoms with Gasteiger partial charge in [0.05, 0.1) is 29.5 Å². The lowest BCUT2D eigenvalue weighted by Gasteiger charge is -2.39. The van der Waals surface area contributed by atoms with Gasteiger partial charge in [-0.1, -0.05) is 44.1 Å². The molecule has 6 nitrogen and oxygen atoms in total. The minimum absolute atomic E-state index is 0.108. The molecule has 3 heterocycles. The van der Waals surface area contributed by atoms with Gasteiger partial charge in [-0.25, -0.2) is 4.98 Å². The average Bonchev–Trinajstić information content (AvgIpc) is 3.32. The van der Waals surface area contributed by atoms with E-state index in [0.717, 1.165) is 25.8 Å². The summed E-state index contributed by atoms with van der Waals surface area (Å²) in [7, 11) is 0. The molecule has 33 heavy (non-hydrogen) atoms. The highest BCUT2D eigenvalue weighted by molar-refractivity contribution is 7.99. The van der Waals surface area contributed by atoms with Crippen LogP contribution >= 0.6 is 23.4 Å². The number of hydrogen-bond donors (Lipinski definition) is 0. The molecule has 8 heteroatoms. The standard InChI is InChI=1S/C25H28ClN3O3S/c1-24(2)10-17-11-25(3,14-24)15-29(17)21(30)13-33-23-27-20-9-16(26)6-7-19(20)22(31)28(23)12-18-5-4-8-32-18/h4-9,17H,10-15H2,1-3H3/t17-,25-/m1/s1. The summed E-state index contributed by atoms with van der Waals surface area (Å²) >= 11 is 7.46. The molecule has 1 aliphatic heterocycles. The van der Waals surface area contributed by atoms with Crippen LogP contribution in [0.15, 0.2) is 51.0 Å². The van der Waals surface area contributed by atoms with Crippen LogP contribution in [0.1, 0.15) is 45.8 Å². The highest BCUT2D eigenvalue weighted by Gasteiger charge is 2.50. The Morgan fingerprint density at radius 3 is 2.85 bits per heavy atom. The van der Waals surface area contributed by atoms with Gasteiger partial charge in [0.25, 0.3) is 5.56 Å². The van der Waals surface area contributed by atoms with Gasteiger partial charge in [0.15, 0.2) is 5.16 Å². The molecule has 1 saturated heterocycles. The zero-order valence-electron chi connectivity index (χ0n) is 19.1. The molecule has 3 aromatic rings. The predicted molar refractivity (Wildman–Crippen MR) is 131 cm³/mol. The van der Waals surface area contributed by atoms with Gasteiger partial charge in [-0.3, -0.25) is 14.2 Å². The van der Waals surface area contributed by atoms with Crippen molar-refractivity contribution in [3.05, 3.63) is 57.7 Å². The van der Waals surface area contributed by atoms with Crippen molar-refractivity contribution in [3.8, 4) is 0 Å². The van der Waals surface area contributed by atoms with Crippen LogP contribution in [0.25, 0.3) is 10.9 Å². The number of carbonyl (C=O) groups is 1. The lowest BCUT2D eigenvalue weighted by molar-refractivity contribution is -0.129. The Bertz CT molecular complexity index is 1270.